The standard InChI is InChI=1S/C21H25N3O3S/c1-13-17(14(2)23-21(22-13)28-4)9-10-19(25)27-15(3)20(26)24-12-11-16-7-5-6-8-18(16)24/h5-8,15H,9-12H2,1-4H3/t15-/m1/s1. The van der Waals surface area contributed by atoms with E-state index in [1.807, 2.05) is 44.4 Å². The van der Waals surface area contributed by atoms with Crippen molar-refractivity contribution in [2.45, 2.75) is 51.3 Å². The third kappa shape index (κ3) is 4.35. The lowest BCUT2D eigenvalue weighted by molar-refractivity contribution is -0.153. The molecule has 0 radical (unpaired) electrons. The van der Waals surface area contributed by atoms with E-state index in [0.717, 1.165) is 39.8 Å². The van der Waals surface area contributed by atoms with Crippen LogP contribution in [0.15, 0.2) is 29.4 Å². The molecule has 0 unspecified atom stereocenters. The van der Waals surface area contributed by atoms with Gasteiger partial charge in [-0.3, -0.25) is 9.59 Å². The van der Waals surface area contributed by atoms with Crippen molar-refractivity contribution in [1.29, 1.82) is 0 Å². The van der Waals surface area contributed by atoms with Gasteiger partial charge in [-0.15, -0.1) is 0 Å². The van der Waals surface area contributed by atoms with Crippen molar-refractivity contribution in [2.24, 2.45) is 0 Å². The number of thioether (sulfide) groups is 1. The maximum absolute atomic E-state index is 12.7. The summed E-state index contributed by atoms with van der Waals surface area (Å²) in [5, 5.41) is 0.728. The molecule has 1 atom stereocenters. The number of aryl methyl sites for hydroxylation is 2. The summed E-state index contributed by atoms with van der Waals surface area (Å²) in [7, 11) is 0. The average molecular weight is 400 g/mol. The van der Waals surface area contributed by atoms with Crippen molar-refractivity contribution < 1.29 is 14.3 Å². The van der Waals surface area contributed by atoms with Gasteiger partial charge in [0.1, 0.15) is 0 Å². The van der Waals surface area contributed by atoms with Gasteiger partial charge in [0.25, 0.3) is 5.91 Å². The Kier molecular flexibility index (Phi) is 6.34. The summed E-state index contributed by atoms with van der Waals surface area (Å²) in [6.07, 6.45) is 2.64. The Morgan fingerprint density at radius 2 is 1.89 bits per heavy atom. The molecule has 2 aromatic rings. The average Bonchev–Trinajstić information content (AvgIpc) is 3.10. The van der Waals surface area contributed by atoms with Gasteiger partial charge in [0, 0.05) is 30.0 Å². The second kappa shape index (κ2) is 8.73. The minimum absolute atomic E-state index is 0.182. The van der Waals surface area contributed by atoms with Crippen LogP contribution in [-0.2, 0) is 27.2 Å². The first-order valence-corrected chi connectivity index (χ1v) is 10.6. The van der Waals surface area contributed by atoms with E-state index >= 15 is 0 Å². The maximum atomic E-state index is 12.7. The van der Waals surface area contributed by atoms with Crippen LogP contribution in [-0.4, -0.2) is 40.7 Å². The summed E-state index contributed by atoms with van der Waals surface area (Å²) in [6.45, 7) is 6.10. The van der Waals surface area contributed by atoms with E-state index in [2.05, 4.69) is 9.97 Å². The monoisotopic (exact) mass is 399 g/mol. The second-order valence-electron chi connectivity index (χ2n) is 6.86. The molecule has 3 rings (SSSR count). The van der Waals surface area contributed by atoms with Crippen molar-refractivity contribution in [1.82, 2.24) is 9.97 Å². The number of esters is 1. The van der Waals surface area contributed by atoms with E-state index < -0.39 is 6.10 Å². The van der Waals surface area contributed by atoms with Crippen LogP contribution in [0, 0.1) is 13.8 Å². The van der Waals surface area contributed by atoms with Gasteiger partial charge >= 0.3 is 5.97 Å². The number of amides is 1. The summed E-state index contributed by atoms with van der Waals surface area (Å²) < 4.78 is 5.41. The highest BCUT2D eigenvalue weighted by atomic mass is 32.2. The molecule has 0 N–H and O–H groups in total. The summed E-state index contributed by atoms with van der Waals surface area (Å²) in [5.41, 5.74) is 4.77. The number of carbonyl (C=O) groups is 2. The van der Waals surface area contributed by atoms with Gasteiger partial charge in [0.2, 0.25) is 0 Å². The zero-order valence-electron chi connectivity index (χ0n) is 16.7. The number of ether oxygens (including phenoxy) is 1. The van der Waals surface area contributed by atoms with Crippen LogP contribution in [0.3, 0.4) is 0 Å². The molecule has 2 heterocycles. The normalized spacial score (nSPS) is 13.9. The molecule has 0 saturated carbocycles. The fourth-order valence-electron chi connectivity index (χ4n) is 3.48. The van der Waals surface area contributed by atoms with Gasteiger partial charge in [-0.05, 0) is 57.1 Å². The van der Waals surface area contributed by atoms with Crippen molar-refractivity contribution in [3.8, 4) is 0 Å². The molecule has 1 aliphatic rings. The van der Waals surface area contributed by atoms with Gasteiger partial charge < -0.3 is 9.64 Å². The first-order chi connectivity index (χ1) is 13.4. The molecule has 1 amide bonds. The highest BCUT2D eigenvalue weighted by molar-refractivity contribution is 7.98. The molecule has 0 spiro atoms. The minimum atomic E-state index is -0.809. The SMILES string of the molecule is CSc1nc(C)c(CCC(=O)O[C@H](C)C(=O)N2CCc3ccccc32)c(C)n1. The number of fused-ring (bicyclic) bond motifs is 1. The number of benzene rings is 1. The van der Waals surface area contributed by atoms with Crippen molar-refractivity contribution in [3.63, 3.8) is 0 Å². The Morgan fingerprint density at radius 3 is 2.57 bits per heavy atom. The lowest BCUT2D eigenvalue weighted by Gasteiger charge is -2.21. The van der Waals surface area contributed by atoms with Crippen LogP contribution >= 0.6 is 11.8 Å². The molecule has 0 aliphatic carbocycles. The number of rotatable bonds is 6. The van der Waals surface area contributed by atoms with Crippen molar-refractivity contribution in [2.75, 3.05) is 17.7 Å². The molecule has 6 nitrogen and oxygen atoms in total. The van der Waals surface area contributed by atoms with Crippen LogP contribution in [0.2, 0.25) is 0 Å². The van der Waals surface area contributed by atoms with E-state index in [0.29, 0.717) is 13.0 Å². The van der Waals surface area contributed by atoms with Crippen LogP contribution < -0.4 is 4.90 Å². The Labute approximate surface area is 169 Å². The molecule has 0 bridgehead atoms. The molecule has 1 aromatic carbocycles. The predicted octanol–water partition coefficient (Wildman–Crippen LogP) is 3.27. The molecular weight excluding hydrogens is 374 g/mol. The van der Waals surface area contributed by atoms with E-state index in [9.17, 15) is 9.59 Å². The molecule has 28 heavy (non-hydrogen) atoms. The van der Waals surface area contributed by atoms with E-state index in [1.165, 1.54) is 11.8 Å². The van der Waals surface area contributed by atoms with Gasteiger partial charge in [-0.2, -0.15) is 0 Å². The molecular formula is C21H25N3O3S. The fourth-order valence-corrected chi connectivity index (χ4v) is 3.94. The van der Waals surface area contributed by atoms with E-state index in [1.54, 1.807) is 11.8 Å². The third-order valence-corrected chi connectivity index (χ3v) is 5.52. The van der Waals surface area contributed by atoms with Crippen LogP contribution in [0.25, 0.3) is 0 Å². The number of nitrogens with zero attached hydrogens (tertiary/aromatic N) is 3. The third-order valence-electron chi connectivity index (χ3n) is 4.97. The quantitative estimate of drug-likeness (QED) is 0.422. The number of aromatic nitrogens is 2. The summed E-state index contributed by atoms with van der Waals surface area (Å²) >= 11 is 1.49. The largest absolute Gasteiger partial charge is 0.453 e. The van der Waals surface area contributed by atoms with Crippen molar-refractivity contribution in [3.05, 3.63) is 46.8 Å². The molecule has 7 heteroatoms. The predicted molar refractivity (Wildman–Crippen MR) is 110 cm³/mol. The minimum Gasteiger partial charge on any atom is -0.453 e. The van der Waals surface area contributed by atoms with Gasteiger partial charge in [0.15, 0.2) is 11.3 Å². The molecule has 1 aromatic heterocycles. The number of anilines is 1. The number of hydrogen-bond acceptors (Lipinski definition) is 6. The zero-order valence-corrected chi connectivity index (χ0v) is 17.5. The van der Waals surface area contributed by atoms with Gasteiger partial charge in [-0.1, -0.05) is 30.0 Å². The van der Waals surface area contributed by atoms with E-state index in [-0.39, 0.29) is 18.3 Å². The molecule has 0 fully saturated rings. The fraction of sp³-hybridized carbons (Fsp3) is 0.429. The Hall–Kier alpha value is -2.41. The van der Waals surface area contributed by atoms with Crippen LogP contribution in [0.4, 0.5) is 5.69 Å². The Bertz CT molecular complexity index is 877. The van der Waals surface area contributed by atoms with Crippen LogP contribution in [0.1, 0.15) is 35.9 Å². The summed E-state index contributed by atoms with van der Waals surface area (Å²) in [6, 6.07) is 7.83. The van der Waals surface area contributed by atoms with E-state index in [4.69, 9.17) is 4.74 Å². The van der Waals surface area contributed by atoms with Gasteiger partial charge in [0.05, 0.1) is 0 Å². The highest BCUT2D eigenvalue weighted by Gasteiger charge is 2.29. The number of hydrogen-bond donors (Lipinski definition) is 0. The number of para-hydroxylation sites is 1. The Balaban J connectivity index is 1.57. The molecule has 0 saturated heterocycles. The van der Waals surface area contributed by atoms with Crippen LogP contribution in [0.5, 0.6) is 0 Å². The second-order valence-corrected chi connectivity index (χ2v) is 7.63. The lowest BCUT2D eigenvalue weighted by Crippen LogP contribution is -2.39. The lowest BCUT2D eigenvalue weighted by atomic mass is 10.1. The zero-order chi connectivity index (χ0) is 20.3. The maximum Gasteiger partial charge on any atom is 0.306 e. The first-order valence-electron chi connectivity index (χ1n) is 9.37. The highest BCUT2D eigenvalue weighted by Crippen LogP contribution is 2.28. The first kappa shape index (κ1) is 20.3. The topological polar surface area (TPSA) is 72.4 Å². The Morgan fingerprint density at radius 1 is 1.21 bits per heavy atom. The smallest absolute Gasteiger partial charge is 0.306 e. The number of carbonyl (C=O) groups excluding carboxylic acids is 2. The summed E-state index contributed by atoms with van der Waals surface area (Å²) in [4.78, 5) is 35.6. The van der Waals surface area contributed by atoms with Gasteiger partial charge in [-0.25, -0.2) is 9.97 Å². The molecule has 148 valence electrons. The molecule has 1 aliphatic heterocycles. The summed E-state index contributed by atoms with van der Waals surface area (Å²) in [5.74, 6) is -0.570. The van der Waals surface area contributed by atoms with Crippen molar-refractivity contribution >= 4 is 29.3 Å².